The molecule has 1 atom stereocenters. The molecule has 32 heavy (non-hydrogen) atoms. The summed E-state index contributed by atoms with van der Waals surface area (Å²) in [4.78, 5) is 26.6. The first-order valence-corrected chi connectivity index (χ1v) is 12.3. The van der Waals surface area contributed by atoms with Crippen LogP contribution in [0.4, 0.5) is 0 Å². The lowest BCUT2D eigenvalue weighted by atomic mass is 10.0. The SMILES string of the molecule is CC(=O)N1CCN(S(=O)(=O)c2ccc(C(C)C)cc2)C(C(=O)NCc2cccc(Cl)c2)C1. The van der Waals surface area contributed by atoms with E-state index in [0.29, 0.717) is 5.02 Å². The number of halogens is 1. The maximum Gasteiger partial charge on any atom is 0.243 e. The maximum absolute atomic E-state index is 13.4. The molecule has 0 bridgehead atoms. The van der Waals surface area contributed by atoms with E-state index in [1.165, 1.54) is 16.1 Å². The van der Waals surface area contributed by atoms with Crippen molar-refractivity contribution >= 4 is 33.4 Å². The van der Waals surface area contributed by atoms with Crippen LogP contribution < -0.4 is 5.32 Å². The lowest BCUT2D eigenvalue weighted by Crippen LogP contribution is -2.61. The van der Waals surface area contributed by atoms with Crippen LogP contribution in [0.25, 0.3) is 0 Å². The van der Waals surface area contributed by atoms with Gasteiger partial charge in [-0.05, 0) is 41.3 Å². The summed E-state index contributed by atoms with van der Waals surface area (Å²) < 4.78 is 28.0. The Morgan fingerprint density at radius 2 is 1.81 bits per heavy atom. The molecule has 2 aromatic rings. The molecule has 1 heterocycles. The van der Waals surface area contributed by atoms with Crippen molar-refractivity contribution in [3.63, 3.8) is 0 Å². The molecule has 1 saturated heterocycles. The number of hydrogen-bond acceptors (Lipinski definition) is 4. The van der Waals surface area contributed by atoms with Crippen LogP contribution in [0.15, 0.2) is 53.4 Å². The van der Waals surface area contributed by atoms with Crippen LogP contribution in [-0.2, 0) is 26.2 Å². The van der Waals surface area contributed by atoms with Gasteiger partial charge in [0.25, 0.3) is 0 Å². The summed E-state index contributed by atoms with van der Waals surface area (Å²) in [5.41, 5.74) is 1.82. The number of sulfonamides is 1. The standard InChI is InChI=1S/C23H28ClN3O4S/c1-16(2)19-7-9-21(10-8-19)32(30,31)27-12-11-26(17(3)28)15-22(27)23(29)25-14-18-5-4-6-20(24)13-18/h4-10,13,16,22H,11-12,14-15H2,1-3H3,(H,25,29). The van der Waals surface area contributed by atoms with Crippen molar-refractivity contribution in [3.05, 3.63) is 64.7 Å². The van der Waals surface area contributed by atoms with Crippen LogP contribution in [0, 0.1) is 0 Å². The van der Waals surface area contributed by atoms with Crippen LogP contribution in [0.1, 0.15) is 37.8 Å². The normalized spacial score (nSPS) is 17.4. The highest BCUT2D eigenvalue weighted by Crippen LogP contribution is 2.24. The van der Waals surface area contributed by atoms with Crippen molar-refractivity contribution < 1.29 is 18.0 Å². The number of carbonyl (C=O) groups excluding carboxylic acids is 2. The molecule has 1 fully saturated rings. The second kappa shape index (κ2) is 10.0. The van der Waals surface area contributed by atoms with E-state index >= 15 is 0 Å². The fourth-order valence-electron chi connectivity index (χ4n) is 3.67. The molecule has 3 rings (SSSR count). The fourth-order valence-corrected chi connectivity index (χ4v) is 5.45. The fraction of sp³-hybridized carbons (Fsp3) is 0.391. The molecule has 9 heteroatoms. The second-order valence-corrected chi connectivity index (χ2v) is 10.5. The average molecular weight is 478 g/mol. The summed E-state index contributed by atoms with van der Waals surface area (Å²) in [5, 5.41) is 3.34. The van der Waals surface area contributed by atoms with Crippen LogP contribution in [0.5, 0.6) is 0 Å². The zero-order valence-electron chi connectivity index (χ0n) is 18.4. The summed E-state index contributed by atoms with van der Waals surface area (Å²) in [6, 6.07) is 12.8. The van der Waals surface area contributed by atoms with Crippen LogP contribution in [0.2, 0.25) is 5.02 Å². The first-order chi connectivity index (χ1) is 15.1. The van der Waals surface area contributed by atoms with Crippen LogP contribution in [0.3, 0.4) is 0 Å². The molecule has 0 aromatic heterocycles. The van der Waals surface area contributed by atoms with E-state index in [1.807, 2.05) is 19.9 Å². The summed E-state index contributed by atoms with van der Waals surface area (Å²) in [5.74, 6) is -0.384. The maximum atomic E-state index is 13.4. The molecule has 2 aromatic carbocycles. The van der Waals surface area contributed by atoms with E-state index in [0.717, 1.165) is 11.1 Å². The molecular weight excluding hydrogens is 450 g/mol. The molecule has 1 N–H and O–H groups in total. The van der Waals surface area contributed by atoms with Gasteiger partial charge in [-0.3, -0.25) is 9.59 Å². The molecule has 172 valence electrons. The number of piperazine rings is 1. The molecule has 7 nitrogen and oxygen atoms in total. The average Bonchev–Trinajstić information content (AvgIpc) is 2.77. The van der Waals surface area contributed by atoms with Gasteiger partial charge in [0.15, 0.2) is 0 Å². The monoisotopic (exact) mass is 477 g/mol. The Labute approximate surface area is 194 Å². The molecule has 1 aliphatic heterocycles. The predicted molar refractivity (Wildman–Crippen MR) is 124 cm³/mol. The summed E-state index contributed by atoms with van der Waals surface area (Å²) in [7, 11) is -3.92. The van der Waals surface area contributed by atoms with Gasteiger partial charge in [-0.1, -0.05) is 49.7 Å². The molecule has 1 unspecified atom stereocenters. The van der Waals surface area contributed by atoms with Crippen molar-refractivity contribution in [2.75, 3.05) is 19.6 Å². The largest absolute Gasteiger partial charge is 0.351 e. The van der Waals surface area contributed by atoms with Gasteiger partial charge in [-0.2, -0.15) is 4.31 Å². The molecule has 1 aliphatic rings. The third kappa shape index (κ3) is 5.49. The summed E-state index contributed by atoms with van der Waals surface area (Å²) in [6.45, 7) is 5.96. The van der Waals surface area contributed by atoms with E-state index in [4.69, 9.17) is 11.6 Å². The highest BCUT2D eigenvalue weighted by Gasteiger charge is 2.40. The molecule has 2 amide bonds. The zero-order valence-corrected chi connectivity index (χ0v) is 20.0. The van der Waals surface area contributed by atoms with Crippen molar-refractivity contribution in [1.82, 2.24) is 14.5 Å². The van der Waals surface area contributed by atoms with E-state index < -0.39 is 22.0 Å². The lowest BCUT2D eigenvalue weighted by molar-refractivity contribution is -0.134. The van der Waals surface area contributed by atoms with E-state index in [-0.39, 0.29) is 42.9 Å². The van der Waals surface area contributed by atoms with E-state index in [9.17, 15) is 18.0 Å². The molecule has 0 spiro atoms. The summed E-state index contributed by atoms with van der Waals surface area (Å²) in [6.07, 6.45) is 0. The number of carbonyl (C=O) groups is 2. The first-order valence-electron chi connectivity index (χ1n) is 10.5. The minimum absolute atomic E-state index is 0.0000200. The van der Waals surface area contributed by atoms with Gasteiger partial charge < -0.3 is 10.2 Å². The number of benzene rings is 2. The Hall–Kier alpha value is -2.42. The molecule has 0 radical (unpaired) electrons. The quantitative estimate of drug-likeness (QED) is 0.692. The van der Waals surface area contributed by atoms with Crippen LogP contribution in [-0.4, -0.2) is 55.1 Å². The molecule has 0 aliphatic carbocycles. The van der Waals surface area contributed by atoms with Crippen molar-refractivity contribution in [1.29, 1.82) is 0 Å². The Kier molecular flexibility index (Phi) is 7.59. The van der Waals surface area contributed by atoms with Gasteiger partial charge in [0.1, 0.15) is 6.04 Å². The lowest BCUT2D eigenvalue weighted by Gasteiger charge is -2.39. The Balaban J connectivity index is 1.84. The topological polar surface area (TPSA) is 86.8 Å². The number of rotatable bonds is 6. The Bertz CT molecular complexity index is 1090. The van der Waals surface area contributed by atoms with E-state index in [1.54, 1.807) is 42.5 Å². The minimum atomic E-state index is -3.92. The van der Waals surface area contributed by atoms with Gasteiger partial charge in [-0.25, -0.2) is 8.42 Å². The smallest absolute Gasteiger partial charge is 0.243 e. The van der Waals surface area contributed by atoms with E-state index in [2.05, 4.69) is 5.32 Å². The van der Waals surface area contributed by atoms with Crippen molar-refractivity contribution in [2.24, 2.45) is 0 Å². The van der Waals surface area contributed by atoms with Gasteiger partial charge in [0, 0.05) is 38.1 Å². The van der Waals surface area contributed by atoms with Gasteiger partial charge in [-0.15, -0.1) is 0 Å². The second-order valence-electron chi connectivity index (χ2n) is 8.17. The third-order valence-electron chi connectivity index (χ3n) is 5.59. The number of nitrogens with one attached hydrogen (secondary N) is 1. The van der Waals surface area contributed by atoms with Gasteiger partial charge in [0.05, 0.1) is 4.90 Å². The summed E-state index contributed by atoms with van der Waals surface area (Å²) >= 11 is 6.00. The van der Waals surface area contributed by atoms with Gasteiger partial charge >= 0.3 is 0 Å². The first kappa shape index (κ1) is 24.2. The Morgan fingerprint density at radius 3 is 2.41 bits per heavy atom. The van der Waals surface area contributed by atoms with Crippen LogP contribution >= 0.6 is 11.6 Å². The van der Waals surface area contributed by atoms with Crippen molar-refractivity contribution in [2.45, 2.75) is 44.2 Å². The molecular formula is C23H28ClN3O4S. The number of amides is 2. The minimum Gasteiger partial charge on any atom is -0.351 e. The predicted octanol–water partition coefficient (Wildman–Crippen LogP) is 3.00. The number of hydrogen-bond donors (Lipinski definition) is 1. The zero-order chi connectivity index (χ0) is 23.5. The third-order valence-corrected chi connectivity index (χ3v) is 7.75. The highest BCUT2D eigenvalue weighted by atomic mass is 35.5. The highest BCUT2D eigenvalue weighted by molar-refractivity contribution is 7.89. The Morgan fingerprint density at radius 1 is 1.12 bits per heavy atom. The molecule has 0 saturated carbocycles. The number of nitrogens with zero attached hydrogens (tertiary/aromatic N) is 2. The van der Waals surface area contributed by atoms with Crippen molar-refractivity contribution in [3.8, 4) is 0 Å². The van der Waals surface area contributed by atoms with Gasteiger partial charge in [0.2, 0.25) is 21.8 Å².